The quantitative estimate of drug-likeness (QED) is 0.876. The van der Waals surface area contributed by atoms with E-state index < -0.39 is 0 Å². The number of halogens is 1. The molecule has 0 saturated heterocycles. The van der Waals surface area contributed by atoms with E-state index in [1.165, 1.54) is 12.8 Å². The molecule has 1 N–H and O–H groups in total. The molecule has 0 atom stereocenters. The zero-order valence-corrected chi connectivity index (χ0v) is 12.0. The van der Waals surface area contributed by atoms with Crippen LogP contribution in [0.5, 0.6) is 0 Å². The molecule has 94 valence electrons. The zero-order chi connectivity index (χ0) is 12.3. The van der Waals surface area contributed by atoms with Gasteiger partial charge in [-0.15, -0.1) is 0 Å². The molecule has 1 heterocycles. The lowest BCUT2D eigenvalue weighted by atomic mass is 10.4. The van der Waals surface area contributed by atoms with Crippen molar-refractivity contribution in [3.8, 4) is 0 Å². The van der Waals surface area contributed by atoms with Crippen molar-refractivity contribution < 1.29 is 0 Å². The minimum absolute atomic E-state index is 0.672. The molecule has 0 aromatic carbocycles. The summed E-state index contributed by atoms with van der Waals surface area (Å²) in [4.78, 5) is 11.2. The summed E-state index contributed by atoms with van der Waals surface area (Å²) in [6.07, 6.45) is 5.48. The van der Waals surface area contributed by atoms with Gasteiger partial charge in [-0.2, -0.15) is 4.98 Å². The van der Waals surface area contributed by atoms with Gasteiger partial charge in [-0.1, -0.05) is 6.92 Å². The highest BCUT2D eigenvalue weighted by Crippen LogP contribution is 2.34. The minimum atomic E-state index is 0.672. The fourth-order valence-electron chi connectivity index (χ4n) is 1.85. The lowest BCUT2D eigenvalue weighted by Gasteiger charge is -2.23. The van der Waals surface area contributed by atoms with Gasteiger partial charge < -0.3 is 10.2 Å². The summed E-state index contributed by atoms with van der Waals surface area (Å²) in [5, 5.41) is 3.23. The Kier molecular flexibility index (Phi) is 4.20. The van der Waals surface area contributed by atoms with Gasteiger partial charge in [-0.3, -0.25) is 0 Å². The van der Waals surface area contributed by atoms with E-state index in [4.69, 9.17) is 0 Å². The van der Waals surface area contributed by atoms with Crippen molar-refractivity contribution in [2.45, 2.75) is 39.2 Å². The molecule has 0 amide bonds. The molecule has 0 aliphatic heterocycles. The number of hydrogen-bond acceptors (Lipinski definition) is 4. The molecule has 0 unspecified atom stereocenters. The molecule has 17 heavy (non-hydrogen) atoms. The molecular formula is C12H19BrN4. The molecule has 1 aromatic rings. The predicted molar refractivity (Wildman–Crippen MR) is 74.6 cm³/mol. The van der Waals surface area contributed by atoms with Gasteiger partial charge in [0.05, 0.1) is 4.47 Å². The fraction of sp³-hybridized carbons (Fsp3) is 0.667. The van der Waals surface area contributed by atoms with Crippen molar-refractivity contribution in [3.63, 3.8) is 0 Å². The SMILES string of the molecule is CCCNc1ncc(Br)c(N(CC)C2CC2)n1. The first-order valence-corrected chi connectivity index (χ1v) is 7.08. The van der Waals surface area contributed by atoms with Gasteiger partial charge in [-0.25, -0.2) is 4.98 Å². The topological polar surface area (TPSA) is 41.1 Å². The van der Waals surface area contributed by atoms with Gasteiger partial charge in [0.1, 0.15) is 5.82 Å². The Morgan fingerprint density at radius 2 is 2.24 bits per heavy atom. The predicted octanol–water partition coefficient (Wildman–Crippen LogP) is 3.05. The third kappa shape index (κ3) is 3.09. The van der Waals surface area contributed by atoms with Gasteiger partial charge in [-0.05, 0) is 42.1 Å². The Morgan fingerprint density at radius 1 is 1.47 bits per heavy atom. The van der Waals surface area contributed by atoms with Crippen molar-refractivity contribution in [1.29, 1.82) is 0 Å². The van der Waals surface area contributed by atoms with E-state index in [1.54, 1.807) is 0 Å². The van der Waals surface area contributed by atoms with Crippen LogP contribution in [0, 0.1) is 0 Å². The lowest BCUT2D eigenvalue weighted by Crippen LogP contribution is -2.27. The summed E-state index contributed by atoms with van der Waals surface area (Å²) in [5.41, 5.74) is 0. The number of aromatic nitrogens is 2. The van der Waals surface area contributed by atoms with E-state index in [9.17, 15) is 0 Å². The third-order valence-electron chi connectivity index (χ3n) is 2.86. The van der Waals surface area contributed by atoms with Crippen molar-refractivity contribution >= 4 is 27.7 Å². The largest absolute Gasteiger partial charge is 0.354 e. The van der Waals surface area contributed by atoms with Crippen LogP contribution >= 0.6 is 15.9 Å². The Balaban J connectivity index is 2.18. The van der Waals surface area contributed by atoms with E-state index in [0.29, 0.717) is 6.04 Å². The summed E-state index contributed by atoms with van der Waals surface area (Å²) in [7, 11) is 0. The minimum Gasteiger partial charge on any atom is -0.354 e. The maximum absolute atomic E-state index is 4.60. The van der Waals surface area contributed by atoms with Gasteiger partial charge in [0, 0.05) is 25.3 Å². The van der Waals surface area contributed by atoms with Gasteiger partial charge in [0.2, 0.25) is 5.95 Å². The molecule has 1 fully saturated rings. The van der Waals surface area contributed by atoms with Crippen LogP contribution in [0.2, 0.25) is 0 Å². The van der Waals surface area contributed by atoms with E-state index in [-0.39, 0.29) is 0 Å². The van der Waals surface area contributed by atoms with Crippen LogP contribution in [0.1, 0.15) is 33.1 Å². The smallest absolute Gasteiger partial charge is 0.224 e. The number of hydrogen-bond donors (Lipinski definition) is 1. The summed E-state index contributed by atoms with van der Waals surface area (Å²) < 4.78 is 0.980. The molecule has 0 spiro atoms. The Labute approximate surface area is 111 Å². The second-order valence-corrected chi connectivity index (χ2v) is 5.16. The molecule has 1 aliphatic rings. The van der Waals surface area contributed by atoms with Gasteiger partial charge >= 0.3 is 0 Å². The van der Waals surface area contributed by atoms with Crippen LogP contribution in [0.25, 0.3) is 0 Å². The Bertz CT molecular complexity index is 379. The van der Waals surface area contributed by atoms with E-state index in [2.05, 4.69) is 50.0 Å². The lowest BCUT2D eigenvalue weighted by molar-refractivity contribution is 0.801. The molecule has 4 nitrogen and oxygen atoms in total. The molecule has 5 heteroatoms. The second-order valence-electron chi connectivity index (χ2n) is 4.31. The molecule has 1 aliphatic carbocycles. The maximum atomic E-state index is 4.60. The van der Waals surface area contributed by atoms with Crippen molar-refractivity contribution in [1.82, 2.24) is 9.97 Å². The van der Waals surface area contributed by atoms with Gasteiger partial charge in [0.25, 0.3) is 0 Å². The molecule has 0 radical (unpaired) electrons. The van der Waals surface area contributed by atoms with Crippen LogP contribution in [0.3, 0.4) is 0 Å². The number of nitrogens with one attached hydrogen (secondary N) is 1. The summed E-state index contributed by atoms with van der Waals surface area (Å²) in [6, 6.07) is 0.672. The van der Waals surface area contributed by atoms with E-state index in [0.717, 1.165) is 35.7 Å². The summed E-state index contributed by atoms with van der Waals surface area (Å²) >= 11 is 3.54. The monoisotopic (exact) mass is 298 g/mol. The standard InChI is InChI=1S/C12H19BrN4/c1-3-7-14-12-15-8-10(13)11(16-12)17(4-2)9-5-6-9/h8-9H,3-7H2,1-2H3,(H,14,15,16). The van der Waals surface area contributed by atoms with Crippen molar-refractivity contribution in [3.05, 3.63) is 10.7 Å². The molecule has 2 rings (SSSR count). The highest BCUT2D eigenvalue weighted by molar-refractivity contribution is 9.10. The zero-order valence-electron chi connectivity index (χ0n) is 10.4. The fourth-order valence-corrected chi connectivity index (χ4v) is 2.27. The van der Waals surface area contributed by atoms with Crippen molar-refractivity contribution in [2.75, 3.05) is 23.3 Å². The third-order valence-corrected chi connectivity index (χ3v) is 3.42. The summed E-state index contributed by atoms with van der Waals surface area (Å²) in [6.45, 7) is 6.21. The number of nitrogens with zero attached hydrogens (tertiary/aromatic N) is 3. The Hall–Kier alpha value is -0.840. The summed E-state index contributed by atoms with van der Waals surface area (Å²) in [5.74, 6) is 1.74. The van der Waals surface area contributed by atoms with Crippen LogP contribution in [0.15, 0.2) is 10.7 Å². The number of rotatable bonds is 6. The molecule has 0 bridgehead atoms. The second kappa shape index (κ2) is 5.67. The molecular weight excluding hydrogens is 280 g/mol. The van der Waals surface area contributed by atoms with Crippen LogP contribution in [0.4, 0.5) is 11.8 Å². The Morgan fingerprint density at radius 3 is 2.82 bits per heavy atom. The first-order valence-electron chi connectivity index (χ1n) is 6.29. The normalized spacial score (nSPS) is 14.8. The van der Waals surface area contributed by atoms with E-state index in [1.807, 2.05) is 6.20 Å². The average Bonchev–Trinajstić information content (AvgIpc) is 3.15. The molecule has 1 aromatic heterocycles. The highest BCUT2D eigenvalue weighted by Gasteiger charge is 2.30. The maximum Gasteiger partial charge on any atom is 0.224 e. The van der Waals surface area contributed by atoms with Crippen LogP contribution < -0.4 is 10.2 Å². The number of anilines is 2. The average molecular weight is 299 g/mol. The van der Waals surface area contributed by atoms with E-state index >= 15 is 0 Å². The first kappa shape index (κ1) is 12.6. The van der Waals surface area contributed by atoms with Crippen LogP contribution in [-0.2, 0) is 0 Å². The van der Waals surface area contributed by atoms with Crippen molar-refractivity contribution in [2.24, 2.45) is 0 Å². The van der Waals surface area contributed by atoms with Gasteiger partial charge in [0.15, 0.2) is 0 Å². The first-order chi connectivity index (χ1) is 8.26. The molecule has 1 saturated carbocycles. The van der Waals surface area contributed by atoms with Crippen LogP contribution in [-0.4, -0.2) is 29.1 Å². The highest BCUT2D eigenvalue weighted by atomic mass is 79.9.